The van der Waals surface area contributed by atoms with Crippen molar-refractivity contribution in [2.45, 2.75) is 50.2 Å². The van der Waals surface area contributed by atoms with E-state index in [-0.39, 0.29) is 6.61 Å². The molecular weight excluding hydrogens is 274 g/mol. The van der Waals surface area contributed by atoms with Crippen LogP contribution in [0.15, 0.2) is 30.3 Å². The largest absolute Gasteiger partial charge is 0.396 e. The minimum atomic E-state index is 0.256. The fourth-order valence-corrected chi connectivity index (χ4v) is 5.10. The van der Waals surface area contributed by atoms with Gasteiger partial charge in [0.05, 0.1) is 6.10 Å². The summed E-state index contributed by atoms with van der Waals surface area (Å²) in [7, 11) is 0. The molecule has 22 heavy (non-hydrogen) atoms. The van der Waals surface area contributed by atoms with Crippen molar-refractivity contribution < 1.29 is 9.84 Å². The van der Waals surface area contributed by atoms with Gasteiger partial charge in [-0.2, -0.15) is 0 Å². The van der Waals surface area contributed by atoms with Crippen LogP contribution in [-0.2, 0) is 4.74 Å². The lowest BCUT2D eigenvalue weighted by atomic mass is 9.46. The van der Waals surface area contributed by atoms with Gasteiger partial charge in [-0.25, -0.2) is 0 Å². The van der Waals surface area contributed by atoms with Crippen molar-refractivity contribution in [2.75, 3.05) is 19.8 Å². The highest BCUT2D eigenvalue weighted by Gasteiger charge is 2.66. The molecule has 2 aliphatic carbocycles. The van der Waals surface area contributed by atoms with E-state index < -0.39 is 0 Å². The monoisotopic (exact) mass is 301 g/mol. The zero-order valence-electron chi connectivity index (χ0n) is 13.2. The molecule has 3 aliphatic rings. The molecule has 120 valence electrons. The standard InChI is InChI=1S/C19H27NO2/c21-11-7-15(14-5-2-1-3-6-14)13-20-17-16-8-12-22-18(16)19(17)9-4-10-19/h1-3,5-6,15-18,20-21H,4,7-13H2. The highest BCUT2D eigenvalue weighted by atomic mass is 16.5. The quantitative estimate of drug-likeness (QED) is 0.849. The van der Waals surface area contributed by atoms with Gasteiger partial charge < -0.3 is 15.2 Å². The smallest absolute Gasteiger partial charge is 0.0690 e. The van der Waals surface area contributed by atoms with Crippen LogP contribution in [0.1, 0.15) is 43.6 Å². The highest BCUT2D eigenvalue weighted by Crippen LogP contribution is 2.62. The first-order valence-corrected chi connectivity index (χ1v) is 8.86. The van der Waals surface area contributed by atoms with E-state index in [2.05, 4.69) is 35.6 Å². The van der Waals surface area contributed by atoms with Gasteiger partial charge in [0.1, 0.15) is 0 Å². The van der Waals surface area contributed by atoms with Crippen LogP contribution in [0.3, 0.4) is 0 Å². The Labute approximate surface area is 133 Å². The summed E-state index contributed by atoms with van der Waals surface area (Å²) in [4.78, 5) is 0. The molecular formula is C19H27NO2. The van der Waals surface area contributed by atoms with Crippen molar-refractivity contribution in [2.24, 2.45) is 11.3 Å². The third kappa shape index (κ3) is 2.22. The second-order valence-corrected chi connectivity index (χ2v) is 7.34. The summed E-state index contributed by atoms with van der Waals surface area (Å²) in [5.41, 5.74) is 1.78. The summed E-state index contributed by atoms with van der Waals surface area (Å²) in [5.74, 6) is 1.13. The number of ether oxygens (including phenoxy) is 1. The molecule has 1 heterocycles. The number of benzene rings is 1. The molecule has 2 saturated carbocycles. The lowest BCUT2D eigenvalue weighted by molar-refractivity contribution is -0.176. The predicted molar refractivity (Wildman–Crippen MR) is 86.8 cm³/mol. The van der Waals surface area contributed by atoms with Gasteiger partial charge in [0.25, 0.3) is 0 Å². The van der Waals surface area contributed by atoms with Crippen molar-refractivity contribution in [1.82, 2.24) is 5.32 Å². The SMILES string of the molecule is OCCC(CNC1C2CCOC2C12CCC2)c1ccccc1. The molecule has 2 N–H and O–H groups in total. The van der Waals surface area contributed by atoms with E-state index in [0.29, 0.717) is 23.5 Å². The molecule has 4 rings (SSSR count). The van der Waals surface area contributed by atoms with Crippen molar-refractivity contribution in [3.63, 3.8) is 0 Å². The average Bonchev–Trinajstić information content (AvgIpc) is 2.91. The maximum absolute atomic E-state index is 9.40. The fourth-order valence-electron chi connectivity index (χ4n) is 5.10. The molecule has 4 unspecified atom stereocenters. The molecule has 1 aromatic rings. The summed E-state index contributed by atoms with van der Waals surface area (Å²) in [5, 5.41) is 13.3. The van der Waals surface area contributed by atoms with E-state index in [1.165, 1.54) is 31.2 Å². The van der Waals surface area contributed by atoms with Gasteiger partial charge in [-0.3, -0.25) is 0 Å². The molecule has 0 radical (unpaired) electrons. The van der Waals surface area contributed by atoms with Gasteiger partial charge in [-0.1, -0.05) is 36.8 Å². The number of aliphatic hydroxyl groups is 1. The number of nitrogens with one attached hydrogen (secondary N) is 1. The van der Waals surface area contributed by atoms with E-state index in [1.807, 2.05) is 0 Å². The zero-order chi connectivity index (χ0) is 15.0. The maximum atomic E-state index is 9.40. The number of rotatable bonds is 6. The molecule has 1 saturated heterocycles. The topological polar surface area (TPSA) is 41.5 Å². The molecule has 1 aliphatic heterocycles. The van der Waals surface area contributed by atoms with Crippen molar-refractivity contribution in [1.29, 1.82) is 0 Å². The van der Waals surface area contributed by atoms with E-state index in [1.54, 1.807) is 0 Å². The maximum Gasteiger partial charge on any atom is 0.0690 e. The van der Waals surface area contributed by atoms with Gasteiger partial charge >= 0.3 is 0 Å². The molecule has 3 nitrogen and oxygen atoms in total. The van der Waals surface area contributed by atoms with Crippen LogP contribution >= 0.6 is 0 Å². The Kier molecular flexibility index (Phi) is 3.97. The minimum Gasteiger partial charge on any atom is -0.396 e. The average molecular weight is 301 g/mol. The van der Waals surface area contributed by atoms with E-state index in [9.17, 15) is 5.11 Å². The number of hydrogen-bond donors (Lipinski definition) is 2. The lowest BCUT2D eigenvalue weighted by Crippen LogP contribution is -2.71. The summed E-state index contributed by atoms with van der Waals surface area (Å²) in [6.45, 7) is 2.18. The molecule has 0 amide bonds. The van der Waals surface area contributed by atoms with Crippen LogP contribution in [0, 0.1) is 11.3 Å². The first-order chi connectivity index (χ1) is 10.8. The van der Waals surface area contributed by atoms with Crippen LogP contribution in [0.25, 0.3) is 0 Å². The summed E-state index contributed by atoms with van der Waals surface area (Å²) < 4.78 is 6.00. The van der Waals surface area contributed by atoms with E-state index >= 15 is 0 Å². The van der Waals surface area contributed by atoms with Crippen molar-refractivity contribution >= 4 is 0 Å². The Morgan fingerprint density at radius 1 is 1.27 bits per heavy atom. The van der Waals surface area contributed by atoms with Crippen LogP contribution in [0.2, 0.25) is 0 Å². The van der Waals surface area contributed by atoms with Gasteiger partial charge in [0.2, 0.25) is 0 Å². The Balaban J connectivity index is 1.42. The van der Waals surface area contributed by atoms with Crippen molar-refractivity contribution in [3.05, 3.63) is 35.9 Å². The third-order valence-electron chi connectivity index (χ3n) is 6.37. The Hall–Kier alpha value is -0.900. The Morgan fingerprint density at radius 3 is 2.77 bits per heavy atom. The zero-order valence-corrected chi connectivity index (χ0v) is 13.2. The van der Waals surface area contributed by atoms with Gasteiger partial charge in [-0.15, -0.1) is 0 Å². The molecule has 1 aromatic carbocycles. The molecule has 3 fully saturated rings. The van der Waals surface area contributed by atoms with Crippen LogP contribution in [0.5, 0.6) is 0 Å². The highest BCUT2D eigenvalue weighted by molar-refractivity contribution is 5.22. The first-order valence-electron chi connectivity index (χ1n) is 8.86. The first kappa shape index (κ1) is 14.7. The van der Waals surface area contributed by atoms with E-state index in [4.69, 9.17) is 4.74 Å². The lowest BCUT2D eigenvalue weighted by Gasteiger charge is -2.63. The summed E-state index contributed by atoms with van der Waals surface area (Å²) >= 11 is 0. The van der Waals surface area contributed by atoms with Crippen LogP contribution < -0.4 is 5.32 Å². The van der Waals surface area contributed by atoms with Gasteiger partial charge in [0, 0.05) is 37.1 Å². The van der Waals surface area contributed by atoms with Crippen molar-refractivity contribution in [3.8, 4) is 0 Å². The second kappa shape index (κ2) is 5.95. The molecule has 0 bridgehead atoms. The molecule has 3 heteroatoms. The summed E-state index contributed by atoms with van der Waals surface area (Å²) in [6, 6.07) is 11.3. The van der Waals surface area contributed by atoms with Crippen LogP contribution in [-0.4, -0.2) is 37.0 Å². The van der Waals surface area contributed by atoms with Gasteiger partial charge in [-0.05, 0) is 37.2 Å². The fraction of sp³-hybridized carbons (Fsp3) is 0.684. The van der Waals surface area contributed by atoms with E-state index in [0.717, 1.165) is 25.5 Å². The number of aliphatic hydroxyl groups excluding tert-OH is 1. The molecule has 0 aromatic heterocycles. The third-order valence-corrected chi connectivity index (χ3v) is 6.37. The van der Waals surface area contributed by atoms with Crippen LogP contribution in [0.4, 0.5) is 0 Å². The minimum absolute atomic E-state index is 0.256. The Morgan fingerprint density at radius 2 is 2.09 bits per heavy atom. The number of hydrogen-bond acceptors (Lipinski definition) is 3. The summed E-state index contributed by atoms with van der Waals surface area (Å²) in [6.07, 6.45) is 6.63. The Bertz CT molecular complexity index is 499. The molecule has 4 atom stereocenters. The second-order valence-electron chi connectivity index (χ2n) is 7.34. The molecule has 1 spiro atoms. The normalized spacial score (nSPS) is 33.0. The van der Waals surface area contributed by atoms with Gasteiger partial charge in [0.15, 0.2) is 0 Å². The predicted octanol–water partition coefficient (Wildman–Crippen LogP) is 2.70. The number of fused-ring (bicyclic) bond motifs is 2.